The first-order chi connectivity index (χ1) is 17.6. The molecular formula is C26H30F3N5O3. The summed E-state index contributed by atoms with van der Waals surface area (Å²) < 4.78 is 37.0. The number of pyridine rings is 1. The molecule has 2 N–H and O–H groups in total. The van der Waals surface area contributed by atoms with Crippen LogP contribution in [0.2, 0.25) is 0 Å². The average Bonchev–Trinajstić information content (AvgIpc) is 2.89. The quantitative estimate of drug-likeness (QED) is 0.461. The molecule has 0 unspecified atom stereocenters. The number of hydrogen-bond donors (Lipinski definition) is 2. The maximum Gasteiger partial charge on any atom is 0.490 e. The standard InChI is InChI=1S/C24H29N5O.C2HF3O2/c1-18-27-23(22-5-3-4-12-25-22)15-24(28-18)26-16-19-10-13-29(14-11-19)17-20-6-8-21(30-2)9-7-20;3-2(4,5)1(6)7/h3-9,12,15,19H,10-11,13-14,16-17H2,1-2H3,(H,26,27,28);(H,6,7). The summed E-state index contributed by atoms with van der Waals surface area (Å²) in [5, 5.41) is 10.7. The molecule has 4 rings (SSSR count). The predicted molar refractivity (Wildman–Crippen MR) is 133 cm³/mol. The van der Waals surface area contributed by atoms with Crippen LogP contribution in [0.25, 0.3) is 11.4 Å². The molecule has 2 aromatic heterocycles. The predicted octanol–water partition coefficient (Wildman–Crippen LogP) is 4.81. The van der Waals surface area contributed by atoms with Crippen molar-refractivity contribution in [3.05, 3.63) is 66.1 Å². The van der Waals surface area contributed by atoms with Gasteiger partial charge in [-0.15, -0.1) is 0 Å². The van der Waals surface area contributed by atoms with Gasteiger partial charge in [-0.3, -0.25) is 9.88 Å². The fourth-order valence-corrected chi connectivity index (χ4v) is 3.89. The Hall–Kier alpha value is -3.73. The Morgan fingerprint density at radius 1 is 1.11 bits per heavy atom. The number of halogens is 3. The molecule has 0 atom stereocenters. The molecule has 198 valence electrons. The second kappa shape index (κ2) is 13.0. The summed E-state index contributed by atoms with van der Waals surface area (Å²) in [6, 6.07) is 16.2. The molecule has 11 heteroatoms. The van der Waals surface area contributed by atoms with Crippen molar-refractivity contribution < 1.29 is 27.8 Å². The molecule has 8 nitrogen and oxygen atoms in total. The highest BCUT2D eigenvalue weighted by Gasteiger charge is 2.38. The third kappa shape index (κ3) is 9.02. The number of hydrogen-bond acceptors (Lipinski definition) is 7. The normalized spacial score (nSPS) is 14.4. The zero-order valence-corrected chi connectivity index (χ0v) is 20.7. The number of anilines is 1. The van der Waals surface area contributed by atoms with Crippen LogP contribution in [0.4, 0.5) is 19.0 Å². The van der Waals surface area contributed by atoms with E-state index in [-0.39, 0.29) is 0 Å². The second-order valence-electron chi connectivity index (χ2n) is 8.65. The van der Waals surface area contributed by atoms with Crippen molar-refractivity contribution in [3.63, 3.8) is 0 Å². The van der Waals surface area contributed by atoms with Gasteiger partial charge in [0.1, 0.15) is 17.4 Å². The van der Waals surface area contributed by atoms with Crippen molar-refractivity contribution in [1.82, 2.24) is 19.9 Å². The van der Waals surface area contributed by atoms with Gasteiger partial charge < -0.3 is 15.2 Å². The van der Waals surface area contributed by atoms with E-state index in [1.54, 1.807) is 13.3 Å². The Morgan fingerprint density at radius 2 is 1.78 bits per heavy atom. The van der Waals surface area contributed by atoms with Gasteiger partial charge in [0.05, 0.1) is 18.5 Å². The molecule has 1 aromatic carbocycles. The van der Waals surface area contributed by atoms with Crippen molar-refractivity contribution in [1.29, 1.82) is 0 Å². The number of carboxylic acids is 1. The lowest BCUT2D eigenvalue weighted by atomic mass is 9.96. The van der Waals surface area contributed by atoms with Crippen LogP contribution in [0.15, 0.2) is 54.7 Å². The Balaban J connectivity index is 0.000000479. The van der Waals surface area contributed by atoms with E-state index in [1.807, 2.05) is 43.3 Å². The highest BCUT2D eigenvalue weighted by atomic mass is 19.4. The topological polar surface area (TPSA) is 100 Å². The zero-order chi connectivity index (χ0) is 26.8. The molecule has 3 aromatic rings. The van der Waals surface area contributed by atoms with Crippen molar-refractivity contribution >= 4 is 11.8 Å². The number of ether oxygens (including phenoxy) is 1. The number of benzene rings is 1. The largest absolute Gasteiger partial charge is 0.497 e. The molecule has 0 bridgehead atoms. The van der Waals surface area contributed by atoms with E-state index in [2.05, 4.69) is 37.3 Å². The molecule has 1 saturated heterocycles. The van der Waals surface area contributed by atoms with Crippen molar-refractivity contribution in [3.8, 4) is 17.1 Å². The van der Waals surface area contributed by atoms with Crippen LogP contribution in [0.3, 0.4) is 0 Å². The highest BCUT2D eigenvalue weighted by Crippen LogP contribution is 2.22. The van der Waals surface area contributed by atoms with Crippen LogP contribution < -0.4 is 10.1 Å². The molecule has 1 fully saturated rings. The van der Waals surface area contributed by atoms with Gasteiger partial charge in [0, 0.05) is 25.4 Å². The van der Waals surface area contributed by atoms with Gasteiger partial charge in [-0.2, -0.15) is 13.2 Å². The summed E-state index contributed by atoms with van der Waals surface area (Å²) in [4.78, 5) is 24.9. The Kier molecular flexibility index (Phi) is 9.78. The van der Waals surface area contributed by atoms with E-state index < -0.39 is 12.1 Å². The van der Waals surface area contributed by atoms with Gasteiger partial charge in [-0.1, -0.05) is 18.2 Å². The number of aromatic nitrogens is 3. The number of aryl methyl sites for hydroxylation is 1. The van der Waals surface area contributed by atoms with Crippen LogP contribution in [0.5, 0.6) is 5.75 Å². The number of rotatable bonds is 7. The number of nitrogens with one attached hydrogen (secondary N) is 1. The summed E-state index contributed by atoms with van der Waals surface area (Å²) in [5.74, 6) is 0.451. The number of likely N-dealkylation sites (tertiary alicyclic amines) is 1. The molecule has 0 aliphatic carbocycles. The molecule has 0 spiro atoms. The molecular weight excluding hydrogens is 487 g/mol. The summed E-state index contributed by atoms with van der Waals surface area (Å²) in [6.07, 6.45) is -0.903. The highest BCUT2D eigenvalue weighted by molar-refractivity contribution is 5.73. The van der Waals surface area contributed by atoms with Gasteiger partial charge in [0.25, 0.3) is 0 Å². The SMILES string of the molecule is COc1ccc(CN2CCC(CNc3cc(-c4ccccn4)nc(C)n3)CC2)cc1.O=C(O)C(F)(F)F. The number of carboxylic acid groups (broad SMARTS) is 1. The zero-order valence-electron chi connectivity index (χ0n) is 20.7. The number of alkyl halides is 3. The van der Waals surface area contributed by atoms with Gasteiger partial charge >= 0.3 is 12.1 Å². The number of aliphatic carboxylic acids is 1. The third-order valence-electron chi connectivity index (χ3n) is 5.85. The Morgan fingerprint density at radius 3 is 2.35 bits per heavy atom. The van der Waals surface area contributed by atoms with Crippen molar-refractivity contribution in [2.45, 2.75) is 32.5 Å². The minimum Gasteiger partial charge on any atom is -0.497 e. The molecule has 3 heterocycles. The monoisotopic (exact) mass is 517 g/mol. The number of methoxy groups -OCH3 is 1. The molecule has 37 heavy (non-hydrogen) atoms. The maximum atomic E-state index is 10.6. The summed E-state index contributed by atoms with van der Waals surface area (Å²) in [7, 11) is 1.70. The summed E-state index contributed by atoms with van der Waals surface area (Å²) in [6.45, 7) is 6.12. The van der Waals surface area contributed by atoms with Gasteiger partial charge in [-0.25, -0.2) is 14.8 Å². The summed E-state index contributed by atoms with van der Waals surface area (Å²) in [5.41, 5.74) is 3.07. The number of carbonyl (C=O) groups is 1. The Bertz CT molecular complexity index is 1140. The summed E-state index contributed by atoms with van der Waals surface area (Å²) >= 11 is 0. The van der Waals surface area contributed by atoms with Crippen LogP contribution >= 0.6 is 0 Å². The van der Waals surface area contributed by atoms with Crippen molar-refractivity contribution in [2.75, 3.05) is 32.1 Å². The minimum absolute atomic E-state index is 0.658. The maximum absolute atomic E-state index is 10.6. The van der Waals surface area contributed by atoms with E-state index in [4.69, 9.17) is 14.6 Å². The van der Waals surface area contributed by atoms with Crippen molar-refractivity contribution in [2.24, 2.45) is 5.92 Å². The smallest absolute Gasteiger partial charge is 0.490 e. The first-order valence-corrected chi connectivity index (χ1v) is 11.8. The van der Waals surface area contributed by atoms with E-state index in [0.717, 1.165) is 55.0 Å². The van der Waals surface area contributed by atoms with Gasteiger partial charge in [-0.05, 0) is 68.6 Å². The van der Waals surface area contributed by atoms with E-state index in [0.29, 0.717) is 5.92 Å². The van der Waals surface area contributed by atoms with Crippen LogP contribution in [-0.4, -0.2) is 63.8 Å². The number of piperidine rings is 1. The lowest BCUT2D eigenvalue weighted by Gasteiger charge is -2.32. The molecule has 0 saturated carbocycles. The van der Waals surface area contributed by atoms with E-state index >= 15 is 0 Å². The lowest BCUT2D eigenvalue weighted by Crippen LogP contribution is -2.35. The minimum atomic E-state index is -5.08. The fourth-order valence-electron chi connectivity index (χ4n) is 3.89. The van der Waals surface area contributed by atoms with Crippen LogP contribution in [-0.2, 0) is 11.3 Å². The molecule has 0 amide bonds. The lowest BCUT2D eigenvalue weighted by molar-refractivity contribution is -0.192. The average molecular weight is 518 g/mol. The Labute approximate surface area is 213 Å². The molecule has 1 aliphatic rings. The first kappa shape index (κ1) is 27.9. The first-order valence-electron chi connectivity index (χ1n) is 11.8. The number of nitrogens with zero attached hydrogens (tertiary/aromatic N) is 4. The van der Waals surface area contributed by atoms with Gasteiger partial charge in [0.2, 0.25) is 0 Å². The fraction of sp³-hybridized carbons (Fsp3) is 0.385. The second-order valence-corrected chi connectivity index (χ2v) is 8.65. The van der Waals surface area contributed by atoms with Crippen LogP contribution in [0, 0.1) is 12.8 Å². The molecule has 1 aliphatic heterocycles. The molecule has 0 radical (unpaired) electrons. The van der Waals surface area contributed by atoms with E-state index in [9.17, 15) is 13.2 Å². The van der Waals surface area contributed by atoms with Gasteiger partial charge in [0.15, 0.2) is 0 Å². The third-order valence-corrected chi connectivity index (χ3v) is 5.85. The van der Waals surface area contributed by atoms with Crippen LogP contribution in [0.1, 0.15) is 24.2 Å². The van der Waals surface area contributed by atoms with E-state index in [1.165, 1.54) is 18.4 Å².